The summed E-state index contributed by atoms with van der Waals surface area (Å²) in [5.74, 6) is 0.567. The van der Waals surface area contributed by atoms with Crippen LogP contribution in [0, 0.1) is 5.92 Å². The zero-order chi connectivity index (χ0) is 31.0. The third-order valence-electron chi connectivity index (χ3n) is 7.47. The predicted octanol–water partition coefficient (Wildman–Crippen LogP) is 4.94. The van der Waals surface area contributed by atoms with E-state index < -0.39 is 23.6 Å². The van der Waals surface area contributed by atoms with Gasteiger partial charge in [0.25, 0.3) is 0 Å². The maximum Gasteiger partial charge on any atom is 0.416 e. The molecule has 1 unspecified atom stereocenters. The normalized spacial score (nSPS) is 14.8. The van der Waals surface area contributed by atoms with Gasteiger partial charge in [-0.15, -0.1) is 0 Å². The van der Waals surface area contributed by atoms with E-state index in [1.807, 2.05) is 43.1 Å². The molecule has 0 radical (unpaired) electrons. The van der Waals surface area contributed by atoms with E-state index in [9.17, 15) is 23.1 Å². The van der Waals surface area contributed by atoms with Crippen molar-refractivity contribution in [1.29, 1.82) is 0 Å². The van der Waals surface area contributed by atoms with Crippen molar-refractivity contribution in [3.63, 3.8) is 0 Å². The average Bonchev–Trinajstić information content (AvgIpc) is 3.00. The summed E-state index contributed by atoms with van der Waals surface area (Å²) in [6.45, 7) is 8.96. The zero-order valence-electron chi connectivity index (χ0n) is 24.6. The van der Waals surface area contributed by atoms with Crippen molar-refractivity contribution in [2.45, 2.75) is 32.9 Å². The number of piperazine rings is 1. The predicted molar refractivity (Wildman–Crippen MR) is 159 cm³/mol. The molecule has 1 saturated heterocycles. The van der Waals surface area contributed by atoms with Gasteiger partial charge < -0.3 is 29.9 Å². The van der Waals surface area contributed by atoms with E-state index in [2.05, 4.69) is 32.0 Å². The molecule has 2 aromatic carbocycles. The molecule has 3 aromatic rings. The first kappa shape index (κ1) is 31.8. The number of carboxylic acid groups (broad SMARTS) is 1. The molecule has 13 heteroatoms. The number of nitrogens with one attached hydrogen (secondary N) is 1. The highest BCUT2D eigenvalue weighted by Crippen LogP contribution is 2.30. The summed E-state index contributed by atoms with van der Waals surface area (Å²) in [4.78, 5) is 31.4. The van der Waals surface area contributed by atoms with Gasteiger partial charge >= 0.3 is 12.1 Å². The first-order valence-electron chi connectivity index (χ1n) is 14.4. The molecule has 232 valence electrons. The summed E-state index contributed by atoms with van der Waals surface area (Å²) in [7, 11) is 1.83. The van der Waals surface area contributed by atoms with Gasteiger partial charge in [-0.05, 0) is 61.3 Å². The lowest BCUT2D eigenvalue weighted by atomic mass is 9.97. The van der Waals surface area contributed by atoms with Crippen molar-refractivity contribution in [1.82, 2.24) is 19.9 Å². The molecule has 10 nitrogen and oxygen atoms in total. The molecule has 1 aliphatic rings. The van der Waals surface area contributed by atoms with Gasteiger partial charge in [-0.25, -0.2) is 0 Å². The number of carbonyl (C=O) groups is 1. The Balaban J connectivity index is 1.44. The molecule has 1 fully saturated rings. The Labute approximate surface area is 249 Å². The van der Waals surface area contributed by atoms with Crippen molar-refractivity contribution in [3.05, 3.63) is 59.7 Å². The van der Waals surface area contributed by atoms with Crippen LogP contribution in [0.25, 0.3) is 0 Å². The molecule has 0 aliphatic carbocycles. The Morgan fingerprint density at radius 3 is 2.28 bits per heavy atom. The summed E-state index contributed by atoms with van der Waals surface area (Å²) in [6.07, 6.45) is -3.39. The monoisotopic (exact) mass is 601 g/mol. The van der Waals surface area contributed by atoms with Crippen LogP contribution in [0.15, 0.2) is 48.5 Å². The molecule has 4 rings (SSSR count). The number of anilines is 4. The van der Waals surface area contributed by atoms with Crippen LogP contribution < -0.4 is 19.9 Å². The molecule has 0 spiro atoms. The highest BCUT2D eigenvalue weighted by atomic mass is 19.4. The van der Waals surface area contributed by atoms with Gasteiger partial charge in [-0.1, -0.05) is 26.0 Å². The molecule has 2 heterocycles. The second kappa shape index (κ2) is 14.4. The van der Waals surface area contributed by atoms with E-state index >= 15 is 0 Å². The summed E-state index contributed by atoms with van der Waals surface area (Å²) >= 11 is 0. The van der Waals surface area contributed by atoms with Crippen molar-refractivity contribution in [3.8, 4) is 5.75 Å². The van der Waals surface area contributed by atoms with Crippen LogP contribution >= 0.6 is 0 Å². The summed E-state index contributed by atoms with van der Waals surface area (Å²) < 4.78 is 45.0. The Morgan fingerprint density at radius 2 is 1.70 bits per heavy atom. The van der Waals surface area contributed by atoms with Gasteiger partial charge in [0.2, 0.25) is 17.8 Å². The Hall–Kier alpha value is -4.13. The quantitative estimate of drug-likeness (QED) is 0.280. The van der Waals surface area contributed by atoms with Crippen LogP contribution in [-0.2, 0) is 17.4 Å². The highest BCUT2D eigenvalue weighted by molar-refractivity contribution is 5.70. The number of ether oxygens (including phenoxy) is 1. The average molecular weight is 602 g/mol. The van der Waals surface area contributed by atoms with Gasteiger partial charge in [-0.3, -0.25) is 4.79 Å². The minimum atomic E-state index is -4.42. The number of hydrogen-bond acceptors (Lipinski definition) is 9. The number of aliphatic carboxylic acids is 1. The number of likely N-dealkylation sites (N-methyl/N-ethyl adjacent to an activating group) is 2. The van der Waals surface area contributed by atoms with Crippen molar-refractivity contribution in [2.24, 2.45) is 5.92 Å². The number of aromatic nitrogens is 3. The summed E-state index contributed by atoms with van der Waals surface area (Å²) in [5, 5.41) is 12.3. The highest BCUT2D eigenvalue weighted by Gasteiger charge is 2.30. The minimum absolute atomic E-state index is 0.229. The Morgan fingerprint density at radius 1 is 1.02 bits per heavy atom. The Bertz CT molecular complexity index is 1330. The molecule has 43 heavy (non-hydrogen) atoms. The zero-order valence-corrected chi connectivity index (χ0v) is 24.6. The number of rotatable bonds is 13. The number of benzene rings is 2. The third-order valence-corrected chi connectivity index (χ3v) is 7.47. The molecular formula is C30H38F3N7O3. The van der Waals surface area contributed by atoms with Gasteiger partial charge in [0.1, 0.15) is 12.4 Å². The van der Waals surface area contributed by atoms with Gasteiger partial charge in [0.15, 0.2) is 0 Å². The number of hydrogen-bond donors (Lipinski definition) is 2. The maximum atomic E-state index is 13.0. The van der Waals surface area contributed by atoms with Crippen molar-refractivity contribution in [2.75, 3.05) is 68.0 Å². The molecule has 1 aliphatic heterocycles. The Kier molecular flexibility index (Phi) is 10.6. The second-order valence-electron chi connectivity index (χ2n) is 10.4. The lowest BCUT2D eigenvalue weighted by molar-refractivity contribution is -0.141. The topological polar surface area (TPSA) is 107 Å². The first-order chi connectivity index (χ1) is 20.5. The van der Waals surface area contributed by atoms with Crippen molar-refractivity contribution < 1.29 is 27.8 Å². The summed E-state index contributed by atoms with van der Waals surface area (Å²) in [6, 6.07) is 12.1. The molecule has 1 atom stereocenters. The van der Waals surface area contributed by atoms with Crippen LogP contribution in [0.5, 0.6) is 5.75 Å². The maximum absolute atomic E-state index is 13.0. The van der Waals surface area contributed by atoms with Gasteiger partial charge in [0, 0.05) is 38.9 Å². The number of nitrogens with zero attached hydrogens (tertiary/aromatic N) is 6. The molecular weight excluding hydrogens is 563 g/mol. The van der Waals surface area contributed by atoms with Gasteiger partial charge in [-0.2, -0.15) is 28.1 Å². The molecule has 0 bridgehead atoms. The van der Waals surface area contributed by atoms with Crippen LogP contribution in [0.2, 0.25) is 0 Å². The molecule has 0 amide bonds. The van der Waals surface area contributed by atoms with E-state index in [4.69, 9.17) is 9.72 Å². The minimum Gasteiger partial charge on any atom is -0.492 e. The van der Waals surface area contributed by atoms with Crippen LogP contribution in [0.3, 0.4) is 0 Å². The standard InChI is InChI=1S/C30H38F3N7O3/c1-4-22(26(41)42)20-21-6-12-25(13-7-21)43-19-18-38(3)28-35-27(34-24-10-8-23(9-11-24)30(31,32)33)36-29(37-28)40-16-14-39(5-2)15-17-40/h6-13,22H,4-5,14-20H2,1-3H3,(H,41,42)(H,34,35,36,37). The van der Waals surface area contributed by atoms with Crippen LogP contribution in [-0.4, -0.2) is 83.9 Å². The van der Waals surface area contributed by atoms with Crippen molar-refractivity contribution >= 4 is 29.5 Å². The smallest absolute Gasteiger partial charge is 0.416 e. The van der Waals surface area contributed by atoms with E-state index in [1.165, 1.54) is 12.1 Å². The van der Waals surface area contributed by atoms with Crippen LogP contribution in [0.1, 0.15) is 31.4 Å². The number of alkyl halides is 3. The third kappa shape index (κ3) is 8.93. The fraction of sp³-hybridized carbons (Fsp3) is 0.467. The van der Waals surface area contributed by atoms with Gasteiger partial charge in [0.05, 0.1) is 18.0 Å². The lowest BCUT2D eigenvalue weighted by Gasteiger charge is -2.34. The lowest BCUT2D eigenvalue weighted by Crippen LogP contribution is -2.47. The summed E-state index contributed by atoms with van der Waals surface area (Å²) in [5.41, 5.74) is 0.628. The number of carboxylic acids is 1. The van der Waals surface area contributed by atoms with E-state index in [-0.39, 0.29) is 5.95 Å². The largest absolute Gasteiger partial charge is 0.492 e. The fourth-order valence-corrected chi connectivity index (χ4v) is 4.67. The molecule has 1 aromatic heterocycles. The first-order valence-corrected chi connectivity index (χ1v) is 14.4. The van der Waals surface area contributed by atoms with E-state index in [0.29, 0.717) is 49.3 Å². The molecule has 2 N–H and O–H groups in total. The fourth-order valence-electron chi connectivity index (χ4n) is 4.67. The van der Waals surface area contributed by atoms with E-state index in [0.717, 1.165) is 50.4 Å². The molecule has 0 saturated carbocycles. The van der Waals surface area contributed by atoms with Crippen LogP contribution in [0.4, 0.5) is 36.7 Å². The van der Waals surface area contributed by atoms with E-state index in [1.54, 1.807) is 0 Å². The number of halogens is 3. The SMILES string of the molecule is CCC(Cc1ccc(OCCN(C)c2nc(Nc3ccc(C(F)(F)F)cc3)nc(N3CCN(CC)CC3)n2)cc1)C(=O)O. The second-order valence-corrected chi connectivity index (χ2v) is 10.4.